The Labute approximate surface area is 171 Å². The molecule has 0 aliphatic carbocycles. The fraction of sp³-hybridized carbons (Fsp3) is 0.0952. The van der Waals surface area contributed by atoms with Crippen LogP contribution in [-0.4, -0.2) is 27.7 Å². The lowest BCUT2D eigenvalue weighted by Gasteiger charge is -2.06. The minimum absolute atomic E-state index is 0.263. The van der Waals surface area contributed by atoms with Gasteiger partial charge in [-0.15, -0.1) is 0 Å². The van der Waals surface area contributed by atoms with Gasteiger partial charge in [0.15, 0.2) is 0 Å². The molecule has 0 aliphatic rings. The van der Waals surface area contributed by atoms with E-state index in [-0.39, 0.29) is 5.69 Å². The SMILES string of the molecule is COC(=O)c1cccc(Cc2c(-c3ccccc3Cl)nn3cc(Cl)ccc23)n1. The van der Waals surface area contributed by atoms with Gasteiger partial charge in [-0.3, -0.25) is 0 Å². The van der Waals surface area contributed by atoms with E-state index in [0.29, 0.717) is 16.5 Å². The average Bonchev–Trinajstić information content (AvgIpc) is 3.05. The fourth-order valence-electron chi connectivity index (χ4n) is 3.10. The van der Waals surface area contributed by atoms with E-state index in [1.165, 1.54) is 7.11 Å². The largest absolute Gasteiger partial charge is 0.464 e. The smallest absolute Gasteiger partial charge is 0.356 e. The molecule has 140 valence electrons. The third-order valence-corrected chi connectivity index (χ3v) is 4.94. The zero-order chi connectivity index (χ0) is 19.7. The summed E-state index contributed by atoms with van der Waals surface area (Å²) in [6, 6.07) is 16.5. The van der Waals surface area contributed by atoms with Gasteiger partial charge in [-0.2, -0.15) is 5.10 Å². The lowest BCUT2D eigenvalue weighted by Crippen LogP contribution is -2.06. The van der Waals surface area contributed by atoms with Gasteiger partial charge < -0.3 is 4.74 Å². The number of benzene rings is 1. The minimum Gasteiger partial charge on any atom is -0.464 e. The van der Waals surface area contributed by atoms with Crippen molar-refractivity contribution in [2.24, 2.45) is 0 Å². The average molecular weight is 412 g/mol. The van der Waals surface area contributed by atoms with Crippen LogP contribution in [-0.2, 0) is 11.2 Å². The number of carbonyl (C=O) groups is 1. The van der Waals surface area contributed by atoms with Crippen molar-refractivity contribution in [3.05, 3.63) is 87.8 Å². The van der Waals surface area contributed by atoms with E-state index < -0.39 is 5.97 Å². The van der Waals surface area contributed by atoms with Crippen molar-refractivity contribution in [1.29, 1.82) is 0 Å². The molecule has 0 spiro atoms. The van der Waals surface area contributed by atoms with E-state index in [4.69, 9.17) is 33.0 Å². The van der Waals surface area contributed by atoms with Gasteiger partial charge in [0.25, 0.3) is 0 Å². The molecule has 3 aromatic heterocycles. The Hall–Kier alpha value is -2.89. The number of ether oxygens (including phenoxy) is 1. The Morgan fingerprint density at radius 1 is 1.07 bits per heavy atom. The first-order chi connectivity index (χ1) is 13.6. The summed E-state index contributed by atoms with van der Waals surface area (Å²) in [4.78, 5) is 16.2. The highest BCUT2D eigenvalue weighted by atomic mass is 35.5. The maximum Gasteiger partial charge on any atom is 0.356 e. The zero-order valence-corrected chi connectivity index (χ0v) is 16.4. The van der Waals surface area contributed by atoms with Gasteiger partial charge in [-0.25, -0.2) is 14.3 Å². The molecule has 0 saturated carbocycles. The van der Waals surface area contributed by atoms with Crippen LogP contribution < -0.4 is 0 Å². The fourth-order valence-corrected chi connectivity index (χ4v) is 3.48. The van der Waals surface area contributed by atoms with E-state index >= 15 is 0 Å². The van der Waals surface area contributed by atoms with Gasteiger partial charge in [0.1, 0.15) is 5.69 Å². The molecule has 0 bridgehead atoms. The van der Waals surface area contributed by atoms with Crippen molar-refractivity contribution < 1.29 is 9.53 Å². The molecule has 7 heteroatoms. The van der Waals surface area contributed by atoms with Crippen LogP contribution in [0.4, 0.5) is 0 Å². The van der Waals surface area contributed by atoms with Crippen molar-refractivity contribution in [3.63, 3.8) is 0 Å². The van der Waals surface area contributed by atoms with Crippen LogP contribution in [0.15, 0.2) is 60.8 Å². The van der Waals surface area contributed by atoms with Crippen molar-refractivity contribution >= 4 is 34.7 Å². The van der Waals surface area contributed by atoms with Crippen molar-refractivity contribution in [2.75, 3.05) is 7.11 Å². The van der Waals surface area contributed by atoms with Gasteiger partial charge >= 0.3 is 5.97 Å². The number of hydrogen-bond acceptors (Lipinski definition) is 4. The second-order valence-corrected chi connectivity index (χ2v) is 7.01. The van der Waals surface area contributed by atoms with Gasteiger partial charge in [0.05, 0.1) is 28.4 Å². The third kappa shape index (κ3) is 3.46. The number of fused-ring (bicyclic) bond motifs is 1. The van der Waals surface area contributed by atoms with Crippen LogP contribution in [0.3, 0.4) is 0 Å². The Morgan fingerprint density at radius 2 is 1.89 bits per heavy atom. The highest BCUT2D eigenvalue weighted by Crippen LogP contribution is 2.33. The molecule has 5 nitrogen and oxygen atoms in total. The summed E-state index contributed by atoms with van der Waals surface area (Å²) in [6.45, 7) is 0. The van der Waals surface area contributed by atoms with Gasteiger partial charge in [0.2, 0.25) is 0 Å². The first kappa shape index (κ1) is 18.5. The zero-order valence-electron chi connectivity index (χ0n) is 14.9. The minimum atomic E-state index is -0.472. The molecular weight excluding hydrogens is 397 g/mol. The van der Waals surface area contributed by atoms with Gasteiger partial charge in [0, 0.05) is 29.4 Å². The highest BCUT2D eigenvalue weighted by molar-refractivity contribution is 6.33. The quantitative estimate of drug-likeness (QED) is 0.439. The van der Waals surface area contributed by atoms with E-state index in [2.05, 4.69) is 4.98 Å². The maximum atomic E-state index is 11.8. The van der Waals surface area contributed by atoms with Crippen LogP contribution >= 0.6 is 23.2 Å². The summed E-state index contributed by atoms with van der Waals surface area (Å²) in [5.74, 6) is -0.472. The standard InChI is InChI=1S/C21H15Cl2N3O2/c1-28-21(27)18-8-4-5-14(24-18)11-16-19-10-9-13(22)12-26(19)25-20(16)15-6-2-3-7-17(15)23/h2-10,12H,11H2,1H3. The molecule has 3 heterocycles. The number of carbonyl (C=O) groups excluding carboxylic acids is 1. The third-order valence-electron chi connectivity index (χ3n) is 4.38. The van der Waals surface area contributed by atoms with Crippen LogP contribution in [0.5, 0.6) is 0 Å². The van der Waals surface area contributed by atoms with E-state index in [1.807, 2.05) is 42.5 Å². The van der Waals surface area contributed by atoms with Crippen molar-refractivity contribution in [2.45, 2.75) is 6.42 Å². The van der Waals surface area contributed by atoms with Crippen molar-refractivity contribution in [3.8, 4) is 11.3 Å². The summed E-state index contributed by atoms with van der Waals surface area (Å²) in [7, 11) is 1.33. The van der Waals surface area contributed by atoms with Crippen LogP contribution in [0.2, 0.25) is 10.0 Å². The number of aromatic nitrogens is 3. The Kier molecular flexibility index (Phi) is 5.03. The van der Waals surface area contributed by atoms with Crippen LogP contribution in [0.25, 0.3) is 16.8 Å². The lowest BCUT2D eigenvalue weighted by molar-refractivity contribution is 0.0593. The maximum absolute atomic E-state index is 11.8. The molecular formula is C21H15Cl2N3O2. The number of methoxy groups -OCH3 is 1. The van der Waals surface area contributed by atoms with E-state index in [0.717, 1.165) is 28.0 Å². The van der Waals surface area contributed by atoms with Gasteiger partial charge in [-0.1, -0.05) is 47.5 Å². The Bertz CT molecular complexity index is 1190. The Morgan fingerprint density at radius 3 is 2.68 bits per heavy atom. The predicted octanol–water partition coefficient (Wildman–Crippen LogP) is 5.08. The topological polar surface area (TPSA) is 56.5 Å². The predicted molar refractivity (Wildman–Crippen MR) is 109 cm³/mol. The molecule has 0 N–H and O–H groups in total. The number of hydrogen-bond donors (Lipinski definition) is 0. The normalized spacial score (nSPS) is 11.0. The summed E-state index contributed by atoms with van der Waals surface area (Å²) < 4.78 is 6.51. The van der Waals surface area contributed by atoms with Crippen LogP contribution in [0.1, 0.15) is 21.7 Å². The number of rotatable bonds is 4. The second-order valence-electron chi connectivity index (χ2n) is 6.17. The molecule has 28 heavy (non-hydrogen) atoms. The summed E-state index contributed by atoms with van der Waals surface area (Å²) in [5, 5.41) is 5.89. The Balaban J connectivity index is 1.87. The highest BCUT2D eigenvalue weighted by Gasteiger charge is 2.18. The number of esters is 1. The summed E-state index contributed by atoms with van der Waals surface area (Å²) in [5.41, 5.74) is 4.39. The summed E-state index contributed by atoms with van der Waals surface area (Å²) in [6.07, 6.45) is 2.22. The first-order valence-corrected chi connectivity index (χ1v) is 9.28. The molecule has 0 radical (unpaired) electrons. The molecule has 0 saturated heterocycles. The molecule has 4 aromatic rings. The lowest BCUT2D eigenvalue weighted by atomic mass is 10.0. The number of halogens is 2. The van der Waals surface area contributed by atoms with E-state index in [9.17, 15) is 4.79 Å². The number of nitrogens with zero attached hydrogens (tertiary/aromatic N) is 3. The molecule has 0 unspecified atom stereocenters. The number of pyridine rings is 2. The molecule has 0 aliphatic heterocycles. The molecule has 0 amide bonds. The molecule has 0 fully saturated rings. The van der Waals surface area contributed by atoms with Gasteiger partial charge in [-0.05, 0) is 30.3 Å². The van der Waals surface area contributed by atoms with Crippen LogP contribution in [0, 0.1) is 0 Å². The summed E-state index contributed by atoms with van der Waals surface area (Å²) >= 11 is 12.6. The molecule has 1 aromatic carbocycles. The molecule has 0 atom stereocenters. The first-order valence-electron chi connectivity index (χ1n) is 8.52. The van der Waals surface area contributed by atoms with E-state index in [1.54, 1.807) is 22.8 Å². The molecule has 4 rings (SSSR count). The second kappa shape index (κ2) is 7.62. The van der Waals surface area contributed by atoms with Crippen molar-refractivity contribution in [1.82, 2.24) is 14.6 Å². The monoisotopic (exact) mass is 411 g/mol.